The summed E-state index contributed by atoms with van der Waals surface area (Å²) in [4.78, 5) is 0. The minimum atomic E-state index is 0.477. The Morgan fingerprint density at radius 1 is 1.58 bits per heavy atom. The lowest BCUT2D eigenvalue weighted by molar-refractivity contribution is 0.361. The molecule has 0 bridgehead atoms. The lowest BCUT2D eigenvalue weighted by Crippen LogP contribution is -2.31. The van der Waals surface area contributed by atoms with Crippen LogP contribution in [0, 0.1) is 0 Å². The molecule has 1 rings (SSSR count). The highest BCUT2D eigenvalue weighted by molar-refractivity contribution is 9.10. The Kier molecular flexibility index (Phi) is 7.14. The van der Waals surface area contributed by atoms with E-state index in [-0.39, 0.29) is 0 Å². The Bertz CT molecular complexity index is 477. The number of hydrogen-bond donors (Lipinski definition) is 2. The molecule has 2 N–H and O–H groups in total. The van der Waals surface area contributed by atoms with Crippen LogP contribution in [-0.2, 0) is 0 Å². The lowest BCUT2D eigenvalue weighted by atomic mass is 10.2. The van der Waals surface area contributed by atoms with Crippen molar-refractivity contribution in [3.8, 4) is 5.75 Å². The molecule has 0 fully saturated rings. The molecule has 0 atom stereocenters. The first kappa shape index (κ1) is 15.7. The number of hydrazone groups is 1. The zero-order chi connectivity index (χ0) is 14.1. The first-order valence-corrected chi connectivity index (χ1v) is 6.97. The van der Waals surface area contributed by atoms with Crippen LogP contribution in [0.2, 0.25) is 0 Å². The predicted molar refractivity (Wildman–Crippen MR) is 86.8 cm³/mol. The van der Waals surface area contributed by atoms with Gasteiger partial charge in [0.1, 0.15) is 12.4 Å². The standard InChI is InChI=1S/C13H16BrN3OS/c1-3-7-18-12-6-5-10(8-11(12)14)9-16-17-13(19)15-4-2/h3,5-6,8-9H,1,4,7H2,2H3,(H2,15,17,19). The van der Waals surface area contributed by atoms with Gasteiger partial charge < -0.3 is 10.1 Å². The smallest absolute Gasteiger partial charge is 0.186 e. The van der Waals surface area contributed by atoms with Crippen LogP contribution in [0.25, 0.3) is 0 Å². The molecule has 0 unspecified atom stereocenters. The molecule has 0 heterocycles. The second kappa shape index (κ2) is 8.66. The molecule has 0 aliphatic heterocycles. The van der Waals surface area contributed by atoms with Gasteiger partial charge in [0.2, 0.25) is 0 Å². The molecule has 0 aliphatic rings. The van der Waals surface area contributed by atoms with Crippen molar-refractivity contribution >= 4 is 39.5 Å². The van der Waals surface area contributed by atoms with E-state index < -0.39 is 0 Å². The lowest BCUT2D eigenvalue weighted by Gasteiger charge is -2.06. The summed E-state index contributed by atoms with van der Waals surface area (Å²) >= 11 is 8.43. The van der Waals surface area contributed by atoms with Crippen LogP contribution in [0.1, 0.15) is 12.5 Å². The molecule has 0 aromatic heterocycles. The van der Waals surface area contributed by atoms with Crippen LogP contribution in [0.4, 0.5) is 0 Å². The van der Waals surface area contributed by atoms with Gasteiger partial charge in [0.05, 0.1) is 10.7 Å². The number of ether oxygens (including phenoxy) is 1. The van der Waals surface area contributed by atoms with Gasteiger partial charge >= 0.3 is 0 Å². The van der Waals surface area contributed by atoms with Gasteiger partial charge in [-0.15, -0.1) is 0 Å². The Morgan fingerprint density at radius 2 is 2.37 bits per heavy atom. The van der Waals surface area contributed by atoms with Gasteiger partial charge in [-0.2, -0.15) is 5.10 Å². The molecule has 0 saturated carbocycles. The van der Waals surface area contributed by atoms with Crippen molar-refractivity contribution in [1.29, 1.82) is 0 Å². The number of halogens is 1. The van der Waals surface area contributed by atoms with Crippen LogP contribution in [0.3, 0.4) is 0 Å². The number of rotatable bonds is 6. The fourth-order valence-electron chi connectivity index (χ4n) is 1.23. The molecule has 0 aliphatic carbocycles. The van der Waals surface area contributed by atoms with Gasteiger partial charge in [0, 0.05) is 6.54 Å². The van der Waals surface area contributed by atoms with E-state index in [0.29, 0.717) is 11.7 Å². The van der Waals surface area contributed by atoms with Crippen LogP contribution >= 0.6 is 28.1 Å². The maximum atomic E-state index is 5.46. The molecule has 1 aromatic carbocycles. The quantitative estimate of drug-likeness (QED) is 0.361. The normalized spacial score (nSPS) is 10.2. The fraction of sp³-hybridized carbons (Fsp3) is 0.231. The van der Waals surface area contributed by atoms with Crippen LogP contribution in [-0.4, -0.2) is 24.5 Å². The Hall–Kier alpha value is -1.40. The number of nitrogens with one attached hydrogen (secondary N) is 2. The van der Waals surface area contributed by atoms with Gasteiger partial charge in [-0.3, -0.25) is 5.43 Å². The number of nitrogens with zero attached hydrogens (tertiary/aromatic N) is 1. The van der Waals surface area contributed by atoms with Gasteiger partial charge in [0.15, 0.2) is 5.11 Å². The largest absolute Gasteiger partial charge is 0.488 e. The molecular formula is C13H16BrN3OS. The summed E-state index contributed by atoms with van der Waals surface area (Å²) in [5, 5.41) is 7.48. The third-order valence-electron chi connectivity index (χ3n) is 2.03. The highest BCUT2D eigenvalue weighted by Crippen LogP contribution is 2.25. The SMILES string of the molecule is C=CCOc1ccc(C=NNC(=S)NCC)cc1Br. The molecule has 0 radical (unpaired) electrons. The van der Waals surface area contributed by atoms with Gasteiger partial charge in [-0.05, 0) is 58.8 Å². The van der Waals surface area contributed by atoms with E-state index in [2.05, 4.69) is 38.4 Å². The molecule has 19 heavy (non-hydrogen) atoms. The number of thiocarbonyl (C=S) groups is 1. The highest BCUT2D eigenvalue weighted by atomic mass is 79.9. The van der Waals surface area contributed by atoms with Gasteiger partial charge in [-0.1, -0.05) is 12.7 Å². The summed E-state index contributed by atoms with van der Waals surface area (Å²) in [6.07, 6.45) is 3.39. The molecule has 6 heteroatoms. The van der Waals surface area contributed by atoms with Crippen molar-refractivity contribution < 1.29 is 4.74 Å². The van der Waals surface area contributed by atoms with Crippen molar-refractivity contribution in [2.75, 3.05) is 13.2 Å². The van der Waals surface area contributed by atoms with Crippen molar-refractivity contribution in [3.05, 3.63) is 40.9 Å². The first-order valence-electron chi connectivity index (χ1n) is 5.77. The van der Waals surface area contributed by atoms with Crippen LogP contribution in [0.15, 0.2) is 40.4 Å². The van der Waals surface area contributed by atoms with E-state index in [1.165, 1.54) is 0 Å². The van der Waals surface area contributed by atoms with E-state index in [0.717, 1.165) is 22.3 Å². The Labute approximate surface area is 127 Å². The van der Waals surface area contributed by atoms with Crippen molar-refractivity contribution in [1.82, 2.24) is 10.7 Å². The summed E-state index contributed by atoms with van der Waals surface area (Å²) in [6.45, 7) is 6.82. The summed E-state index contributed by atoms with van der Waals surface area (Å²) in [5.41, 5.74) is 3.67. The van der Waals surface area contributed by atoms with E-state index >= 15 is 0 Å². The second-order valence-electron chi connectivity index (χ2n) is 3.52. The predicted octanol–water partition coefficient (Wildman–Crippen LogP) is 2.83. The van der Waals surface area contributed by atoms with E-state index in [4.69, 9.17) is 17.0 Å². The number of benzene rings is 1. The summed E-state index contributed by atoms with van der Waals surface area (Å²) in [5.74, 6) is 0.771. The third-order valence-corrected chi connectivity index (χ3v) is 2.89. The maximum Gasteiger partial charge on any atom is 0.186 e. The molecule has 0 amide bonds. The monoisotopic (exact) mass is 341 g/mol. The Morgan fingerprint density at radius 3 is 3.00 bits per heavy atom. The zero-order valence-electron chi connectivity index (χ0n) is 10.6. The summed E-state index contributed by atoms with van der Waals surface area (Å²) < 4.78 is 6.33. The fourth-order valence-corrected chi connectivity index (χ4v) is 1.94. The average Bonchev–Trinajstić information content (AvgIpc) is 2.38. The molecule has 1 aromatic rings. The van der Waals surface area contributed by atoms with Gasteiger partial charge in [0.25, 0.3) is 0 Å². The van der Waals surface area contributed by atoms with Gasteiger partial charge in [-0.25, -0.2) is 0 Å². The van der Waals surface area contributed by atoms with Crippen LogP contribution < -0.4 is 15.5 Å². The highest BCUT2D eigenvalue weighted by Gasteiger charge is 2.00. The summed E-state index contributed by atoms with van der Waals surface area (Å²) in [7, 11) is 0. The number of hydrogen-bond acceptors (Lipinski definition) is 3. The first-order chi connectivity index (χ1) is 9.17. The molecule has 0 spiro atoms. The summed E-state index contributed by atoms with van der Waals surface area (Å²) in [6, 6.07) is 5.70. The van der Waals surface area contributed by atoms with Crippen molar-refractivity contribution in [3.63, 3.8) is 0 Å². The van der Waals surface area contributed by atoms with Crippen molar-refractivity contribution in [2.45, 2.75) is 6.92 Å². The second-order valence-corrected chi connectivity index (χ2v) is 4.78. The third kappa shape index (κ3) is 5.85. The zero-order valence-corrected chi connectivity index (χ0v) is 13.1. The maximum absolute atomic E-state index is 5.46. The minimum absolute atomic E-state index is 0.477. The molecule has 0 saturated heterocycles. The van der Waals surface area contributed by atoms with Crippen molar-refractivity contribution in [2.24, 2.45) is 5.10 Å². The van der Waals surface area contributed by atoms with Crippen LogP contribution in [0.5, 0.6) is 5.75 Å². The molecular weight excluding hydrogens is 326 g/mol. The van der Waals surface area contributed by atoms with E-state index in [1.807, 2.05) is 25.1 Å². The topological polar surface area (TPSA) is 45.6 Å². The molecule has 102 valence electrons. The average molecular weight is 342 g/mol. The van der Waals surface area contributed by atoms with E-state index in [1.54, 1.807) is 12.3 Å². The molecule has 4 nitrogen and oxygen atoms in total. The Balaban J connectivity index is 2.60. The van der Waals surface area contributed by atoms with E-state index in [9.17, 15) is 0 Å². The minimum Gasteiger partial charge on any atom is -0.488 e.